The normalized spacial score (nSPS) is 10.6. The Bertz CT molecular complexity index is 1210. The van der Waals surface area contributed by atoms with Gasteiger partial charge in [0.2, 0.25) is 5.91 Å². The van der Waals surface area contributed by atoms with E-state index in [1.165, 1.54) is 19.2 Å². The number of carbonyl (C=O) groups excluding carboxylic acids is 2. The average Bonchev–Trinajstić information content (AvgIpc) is 2.80. The minimum atomic E-state index is -3.17. The molecule has 172 valence electrons. The zero-order valence-electron chi connectivity index (χ0n) is 17.6. The second kappa shape index (κ2) is 10.4. The highest BCUT2D eigenvalue weighted by molar-refractivity contribution is 6.02. The molecule has 0 atom stereocenters. The number of rotatable bonds is 8. The molecule has 11 heteroatoms. The van der Waals surface area contributed by atoms with Gasteiger partial charge in [-0.2, -0.15) is 13.9 Å². The van der Waals surface area contributed by atoms with Crippen molar-refractivity contribution in [2.24, 2.45) is 0 Å². The first-order chi connectivity index (χ1) is 15.8. The van der Waals surface area contributed by atoms with E-state index >= 15 is 0 Å². The van der Waals surface area contributed by atoms with Crippen molar-refractivity contribution in [3.63, 3.8) is 0 Å². The molecule has 3 rings (SSSR count). The molecule has 2 aromatic carbocycles. The number of nitrogens with one attached hydrogen (secondary N) is 1. The third kappa shape index (κ3) is 5.70. The van der Waals surface area contributed by atoms with Gasteiger partial charge in [0.25, 0.3) is 5.56 Å². The fourth-order valence-electron chi connectivity index (χ4n) is 2.94. The summed E-state index contributed by atoms with van der Waals surface area (Å²) >= 11 is 0. The molecule has 0 radical (unpaired) electrons. The number of benzene rings is 2. The van der Waals surface area contributed by atoms with Gasteiger partial charge in [-0.1, -0.05) is 30.3 Å². The van der Waals surface area contributed by atoms with Gasteiger partial charge in [0, 0.05) is 23.8 Å². The maximum absolute atomic E-state index is 12.8. The molecule has 3 aromatic rings. The zero-order valence-corrected chi connectivity index (χ0v) is 17.6. The molecule has 1 aromatic heterocycles. The lowest BCUT2D eigenvalue weighted by Gasteiger charge is -2.16. The number of hydrogen-bond acceptors (Lipinski definition) is 7. The topological polar surface area (TPSA) is 109 Å². The highest BCUT2D eigenvalue weighted by Crippen LogP contribution is 2.35. The van der Waals surface area contributed by atoms with Crippen LogP contribution in [-0.2, 0) is 16.1 Å². The summed E-state index contributed by atoms with van der Waals surface area (Å²) in [6, 6.07) is 13.9. The second-order valence-corrected chi connectivity index (χ2v) is 6.55. The van der Waals surface area contributed by atoms with Crippen molar-refractivity contribution in [3.8, 4) is 22.8 Å². The molecule has 0 aliphatic rings. The van der Waals surface area contributed by atoms with Crippen LogP contribution in [0.3, 0.4) is 0 Å². The number of hydrogen-bond donors (Lipinski definition) is 1. The van der Waals surface area contributed by atoms with E-state index in [1.54, 1.807) is 24.3 Å². The van der Waals surface area contributed by atoms with E-state index in [1.807, 2.05) is 6.07 Å². The lowest BCUT2D eigenvalue weighted by Crippen LogP contribution is -2.29. The van der Waals surface area contributed by atoms with E-state index in [9.17, 15) is 23.2 Å². The van der Waals surface area contributed by atoms with Gasteiger partial charge in [0.15, 0.2) is 11.5 Å². The highest BCUT2D eigenvalue weighted by atomic mass is 19.3. The molecule has 0 saturated carbocycles. The van der Waals surface area contributed by atoms with Crippen LogP contribution in [0.5, 0.6) is 11.5 Å². The van der Waals surface area contributed by atoms with E-state index in [2.05, 4.69) is 19.9 Å². The largest absolute Gasteiger partial charge is 0.493 e. The predicted octanol–water partition coefficient (Wildman–Crippen LogP) is 2.95. The summed E-state index contributed by atoms with van der Waals surface area (Å²) in [4.78, 5) is 37.0. The van der Waals surface area contributed by atoms with E-state index in [4.69, 9.17) is 4.74 Å². The molecule has 0 fully saturated rings. The van der Waals surface area contributed by atoms with Crippen LogP contribution in [0.1, 0.15) is 10.4 Å². The first-order valence-corrected chi connectivity index (χ1v) is 9.51. The summed E-state index contributed by atoms with van der Waals surface area (Å²) in [5.74, 6) is -2.17. The SMILES string of the molecule is COC(=O)c1cc(OC)c(OC(F)F)cc1NC(=O)Cn1nc(-c2ccccc2)ccc1=O. The summed E-state index contributed by atoms with van der Waals surface area (Å²) in [5, 5.41) is 6.60. The van der Waals surface area contributed by atoms with Crippen LogP contribution in [0.15, 0.2) is 59.4 Å². The maximum Gasteiger partial charge on any atom is 0.387 e. The summed E-state index contributed by atoms with van der Waals surface area (Å²) in [6.45, 7) is -3.67. The fourth-order valence-corrected chi connectivity index (χ4v) is 2.94. The number of nitrogens with zero attached hydrogens (tertiary/aromatic N) is 2. The Morgan fingerprint density at radius 2 is 1.79 bits per heavy atom. The van der Waals surface area contributed by atoms with Crippen molar-refractivity contribution >= 4 is 17.6 Å². The first kappa shape index (κ1) is 23.4. The Kier molecular flexibility index (Phi) is 7.34. The average molecular weight is 459 g/mol. The van der Waals surface area contributed by atoms with Gasteiger partial charge in [0.1, 0.15) is 6.54 Å². The standard InChI is InChI=1S/C22H19F2N3O6/c1-31-17-10-14(21(30)32-2)16(11-18(17)33-22(23)24)25-19(28)12-27-20(29)9-8-15(26-27)13-6-4-3-5-7-13/h3-11,22H,12H2,1-2H3,(H,25,28). The Morgan fingerprint density at radius 1 is 1.06 bits per heavy atom. The van der Waals surface area contributed by atoms with Crippen LogP contribution < -0.4 is 20.3 Å². The third-order valence-corrected chi connectivity index (χ3v) is 4.43. The van der Waals surface area contributed by atoms with Crippen molar-refractivity contribution in [1.82, 2.24) is 9.78 Å². The fraction of sp³-hybridized carbons (Fsp3) is 0.182. The summed E-state index contributed by atoms with van der Waals surface area (Å²) in [6.07, 6.45) is 0. The number of halogens is 2. The Morgan fingerprint density at radius 3 is 2.42 bits per heavy atom. The van der Waals surface area contributed by atoms with Crippen molar-refractivity contribution in [2.75, 3.05) is 19.5 Å². The van der Waals surface area contributed by atoms with Crippen LogP contribution in [0.4, 0.5) is 14.5 Å². The molecular weight excluding hydrogens is 440 g/mol. The van der Waals surface area contributed by atoms with Gasteiger partial charge in [-0.15, -0.1) is 0 Å². The van der Waals surface area contributed by atoms with Gasteiger partial charge >= 0.3 is 12.6 Å². The van der Waals surface area contributed by atoms with Crippen molar-refractivity contribution in [1.29, 1.82) is 0 Å². The smallest absolute Gasteiger partial charge is 0.387 e. The number of anilines is 1. The van der Waals surface area contributed by atoms with E-state index < -0.39 is 36.3 Å². The van der Waals surface area contributed by atoms with Crippen LogP contribution in [0.2, 0.25) is 0 Å². The van der Waals surface area contributed by atoms with Gasteiger partial charge in [0.05, 0.1) is 31.2 Å². The number of methoxy groups -OCH3 is 2. The van der Waals surface area contributed by atoms with Crippen LogP contribution in [0.25, 0.3) is 11.3 Å². The van der Waals surface area contributed by atoms with Crippen LogP contribution in [0, 0.1) is 0 Å². The van der Waals surface area contributed by atoms with Gasteiger partial charge in [-0.3, -0.25) is 9.59 Å². The Labute approximate surface area is 186 Å². The molecule has 33 heavy (non-hydrogen) atoms. The number of esters is 1. The summed E-state index contributed by atoms with van der Waals surface area (Å²) < 4.78 is 40.5. The van der Waals surface area contributed by atoms with Gasteiger partial charge in [-0.05, 0) is 6.07 Å². The summed E-state index contributed by atoms with van der Waals surface area (Å²) in [7, 11) is 2.31. The lowest BCUT2D eigenvalue weighted by atomic mass is 10.1. The lowest BCUT2D eigenvalue weighted by molar-refractivity contribution is -0.117. The highest BCUT2D eigenvalue weighted by Gasteiger charge is 2.21. The number of carbonyl (C=O) groups is 2. The van der Waals surface area contributed by atoms with Gasteiger partial charge in [-0.25, -0.2) is 9.48 Å². The quantitative estimate of drug-likeness (QED) is 0.516. The van der Waals surface area contributed by atoms with Crippen molar-refractivity contribution < 1.29 is 32.6 Å². The van der Waals surface area contributed by atoms with Crippen molar-refractivity contribution in [2.45, 2.75) is 13.2 Å². The minimum absolute atomic E-state index is 0.164. The number of amides is 1. The molecule has 0 bridgehead atoms. The number of alkyl halides is 2. The molecule has 0 unspecified atom stereocenters. The minimum Gasteiger partial charge on any atom is -0.493 e. The van der Waals surface area contributed by atoms with Crippen LogP contribution >= 0.6 is 0 Å². The second-order valence-electron chi connectivity index (χ2n) is 6.55. The van der Waals surface area contributed by atoms with Crippen molar-refractivity contribution in [3.05, 3.63) is 70.5 Å². The van der Waals surface area contributed by atoms with E-state index in [0.717, 1.165) is 29.5 Å². The number of aromatic nitrogens is 2. The first-order valence-electron chi connectivity index (χ1n) is 9.51. The van der Waals surface area contributed by atoms with E-state index in [0.29, 0.717) is 5.69 Å². The summed E-state index contributed by atoms with van der Waals surface area (Å²) in [5.41, 5.74) is 0.339. The number of ether oxygens (including phenoxy) is 3. The van der Waals surface area contributed by atoms with Gasteiger partial charge < -0.3 is 19.5 Å². The molecule has 0 aliphatic heterocycles. The zero-order chi connectivity index (χ0) is 24.0. The molecular formula is C22H19F2N3O6. The molecule has 0 spiro atoms. The molecule has 1 amide bonds. The molecule has 9 nitrogen and oxygen atoms in total. The van der Waals surface area contributed by atoms with E-state index in [-0.39, 0.29) is 17.0 Å². The molecule has 1 heterocycles. The Balaban J connectivity index is 1.91. The molecule has 0 aliphatic carbocycles. The third-order valence-electron chi connectivity index (χ3n) is 4.43. The predicted molar refractivity (Wildman–Crippen MR) is 114 cm³/mol. The Hall–Kier alpha value is -4.28. The monoisotopic (exact) mass is 459 g/mol. The maximum atomic E-state index is 12.8. The molecule has 1 N–H and O–H groups in total. The van der Waals surface area contributed by atoms with Crippen LogP contribution in [-0.4, -0.2) is 42.5 Å². The molecule has 0 saturated heterocycles.